The summed E-state index contributed by atoms with van der Waals surface area (Å²) in [6.07, 6.45) is 9.17. The Hall–Kier alpha value is -3.58. The molecule has 4 heterocycles. The highest BCUT2D eigenvalue weighted by Crippen LogP contribution is 2.26. The van der Waals surface area contributed by atoms with E-state index < -0.39 is 0 Å². The van der Waals surface area contributed by atoms with E-state index in [0.717, 1.165) is 60.1 Å². The third-order valence-corrected chi connectivity index (χ3v) is 6.08. The second-order valence-electron chi connectivity index (χ2n) is 8.39. The molecule has 32 heavy (non-hydrogen) atoms. The van der Waals surface area contributed by atoms with Crippen LogP contribution in [-0.2, 0) is 18.4 Å². The summed E-state index contributed by atoms with van der Waals surface area (Å²) in [4.78, 5) is 24.1. The van der Waals surface area contributed by atoms with Crippen LogP contribution in [0.5, 0.6) is 0 Å². The van der Waals surface area contributed by atoms with Crippen molar-refractivity contribution in [2.45, 2.75) is 19.4 Å². The minimum Gasteiger partial charge on any atom is -0.310 e. The molecule has 0 saturated carbocycles. The first-order chi connectivity index (χ1) is 15.6. The maximum absolute atomic E-state index is 12.9. The normalized spacial score (nSPS) is 15.2. The lowest BCUT2D eigenvalue weighted by Gasteiger charge is -2.30. The molecule has 4 aromatic rings. The fourth-order valence-corrected chi connectivity index (χ4v) is 4.26. The second kappa shape index (κ2) is 8.88. The van der Waals surface area contributed by atoms with Gasteiger partial charge >= 0.3 is 0 Å². The first-order valence-corrected chi connectivity index (χ1v) is 11.0. The number of aromatic nitrogens is 4. The Morgan fingerprint density at radius 2 is 1.91 bits per heavy atom. The number of carbonyl (C=O) groups excluding carboxylic acids is 1. The van der Waals surface area contributed by atoms with E-state index in [2.05, 4.69) is 37.4 Å². The largest absolute Gasteiger partial charge is 0.310 e. The van der Waals surface area contributed by atoms with Gasteiger partial charge in [-0.2, -0.15) is 5.10 Å². The summed E-state index contributed by atoms with van der Waals surface area (Å²) in [5.74, 6) is 0.661. The van der Waals surface area contributed by atoms with Crippen LogP contribution >= 0.6 is 0 Å². The van der Waals surface area contributed by atoms with Crippen molar-refractivity contribution in [1.82, 2.24) is 24.6 Å². The van der Waals surface area contributed by atoms with Gasteiger partial charge in [0, 0.05) is 49.1 Å². The van der Waals surface area contributed by atoms with Crippen LogP contribution in [0.25, 0.3) is 21.9 Å². The zero-order valence-corrected chi connectivity index (χ0v) is 18.1. The molecular formula is C25H26N6O. The van der Waals surface area contributed by atoms with Crippen molar-refractivity contribution in [2.24, 2.45) is 13.0 Å². The first-order valence-electron chi connectivity index (χ1n) is 11.0. The molecule has 7 nitrogen and oxygen atoms in total. The number of nitrogens with one attached hydrogen (secondary N) is 1. The molecule has 1 fully saturated rings. The first kappa shape index (κ1) is 20.3. The highest BCUT2D eigenvalue weighted by molar-refractivity contribution is 5.95. The molecular weight excluding hydrogens is 400 g/mol. The summed E-state index contributed by atoms with van der Waals surface area (Å²) in [5, 5.41) is 9.37. The van der Waals surface area contributed by atoms with Crippen LogP contribution in [0.15, 0.2) is 67.3 Å². The highest BCUT2D eigenvalue weighted by Gasteiger charge is 2.25. The third-order valence-electron chi connectivity index (χ3n) is 6.08. The van der Waals surface area contributed by atoms with E-state index in [4.69, 9.17) is 0 Å². The number of likely N-dealkylation sites (tertiary alicyclic amines) is 1. The number of amides is 1. The van der Waals surface area contributed by atoms with Crippen molar-refractivity contribution < 1.29 is 4.79 Å². The molecule has 162 valence electrons. The summed E-state index contributed by atoms with van der Waals surface area (Å²) < 4.78 is 1.79. The Morgan fingerprint density at radius 3 is 2.66 bits per heavy atom. The molecule has 0 aliphatic carbocycles. The number of benzene rings is 1. The predicted molar refractivity (Wildman–Crippen MR) is 125 cm³/mol. The maximum Gasteiger partial charge on any atom is 0.228 e. The van der Waals surface area contributed by atoms with Gasteiger partial charge in [0.1, 0.15) is 5.82 Å². The Kier molecular flexibility index (Phi) is 5.64. The molecule has 1 amide bonds. The molecule has 3 aromatic heterocycles. The van der Waals surface area contributed by atoms with Crippen LogP contribution in [-0.4, -0.2) is 43.6 Å². The van der Waals surface area contributed by atoms with E-state index >= 15 is 0 Å². The quantitative estimate of drug-likeness (QED) is 0.524. The van der Waals surface area contributed by atoms with Crippen LogP contribution in [0.4, 0.5) is 5.82 Å². The van der Waals surface area contributed by atoms with E-state index in [9.17, 15) is 4.79 Å². The molecule has 0 bridgehead atoms. The van der Waals surface area contributed by atoms with Crippen molar-refractivity contribution in [1.29, 1.82) is 0 Å². The number of hydrogen-bond donors (Lipinski definition) is 1. The van der Waals surface area contributed by atoms with Gasteiger partial charge in [-0.1, -0.05) is 18.2 Å². The number of anilines is 1. The molecule has 1 aliphatic rings. The van der Waals surface area contributed by atoms with Crippen LogP contribution < -0.4 is 5.32 Å². The van der Waals surface area contributed by atoms with Gasteiger partial charge in [0.25, 0.3) is 0 Å². The Morgan fingerprint density at radius 1 is 1.03 bits per heavy atom. The molecule has 7 heteroatoms. The number of nitrogens with zero attached hydrogens (tertiary/aromatic N) is 5. The SMILES string of the molecule is Cn1cc(-c2ccc3cnc(NC(=O)C4CCN(Cc5ccccn5)CC4)cc3c2)cn1. The Labute approximate surface area is 187 Å². The summed E-state index contributed by atoms with van der Waals surface area (Å²) >= 11 is 0. The smallest absolute Gasteiger partial charge is 0.228 e. The molecule has 1 aromatic carbocycles. The number of hydrogen-bond acceptors (Lipinski definition) is 5. The van der Waals surface area contributed by atoms with Crippen LogP contribution in [0.3, 0.4) is 0 Å². The Balaban J connectivity index is 1.22. The van der Waals surface area contributed by atoms with Gasteiger partial charge in [0.15, 0.2) is 0 Å². The third kappa shape index (κ3) is 4.53. The van der Waals surface area contributed by atoms with Crippen molar-refractivity contribution in [3.05, 3.63) is 72.9 Å². The average molecular weight is 427 g/mol. The minimum atomic E-state index is 0.00852. The number of rotatable bonds is 5. The Bertz CT molecular complexity index is 1230. The lowest BCUT2D eigenvalue weighted by Crippen LogP contribution is -2.38. The van der Waals surface area contributed by atoms with Crippen molar-refractivity contribution in [3.63, 3.8) is 0 Å². The van der Waals surface area contributed by atoms with Crippen LogP contribution in [0.1, 0.15) is 18.5 Å². The molecule has 1 N–H and O–H groups in total. The zero-order valence-electron chi connectivity index (χ0n) is 18.1. The van der Waals surface area contributed by atoms with Gasteiger partial charge in [-0.15, -0.1) is 0 Å². The number of aryl methyl sites for hydroxylation is 1. The summed E-state index contributed by atoms with van der Waals surface area (Å²) in [6, 6.07) is 14.2. The van der Waals surface area contributed by atoms with E-state index in [1.165, 1.54) is 0 Å². The van der Waals surface area contributed by atoms with Gasteiger partial charge < -0.3 is 5.32 Å². The summed E-state index contributed by atoms with van der Waals surface area (Å²) in [5.41, 5.74) is 3.23. The van der Waals surface area contributed by atoms with E-state index in [0.29, 0.717) is 5.82 Å². The second-order valence-corrected chi connectivity index (χ2v) is 8.39. The van der Waals surface area contributed by atoms with Crippen molar-refractivity contribution in [3.8, 4) is 11.1 Å². The molecule has 0 radical (unpaired) electrons. The average Bonchev–Trinajstić information content (AvgIpc) is 3.26. The highest BCUT2D eigenvalue weighted by atomic mass is 16.1. The van der Waals surface area contributed by atoms with Crippen molar-refractivity contribution >= 4 is 22.5 Å². The minimum absolute atomic E-state index is 0.00852. The number of piperidine rings is 1. The molecule has 0 spiro atoms. The van der Waals surface area contributed by atoms with Gasteiger partial charge in [0.05, 0.1) is 11.9 Å². The summed E-state index contributed by atoms with van der Waals surface area (Å²) in [6.45, 7) is 2.63. The fourth-order valence-electron chi connectivity index (χ4n) is 4.26. The standard InChI is InChI=1S/C25H26N6O/c1-30-16-22(15-28-30)19-5-6-20-14-27-24(13-21(20)12-19)29-25(32)18-7-10-31(11-8-18)17-23-4-2-3-9-26-23/h2-6,9,12-16,18H,7-8,10-11,17H2,1H3,(H,27,29,32). The van der Waals surface area contributed by atoms with E-state index in [1.54, 1.807) is 4.68 Å². The molecule has 5 rings (SSSR count). The lowest BCUT2D eigenvalue weighted by atomic mass is 9.95. The number of carbonyl (C=O) groups is 1. The summed E-state index contributed by atoms with van der Waals surface area (Å²) in [7, 11) is 1.91. The van der Waals surface area contributed by atoms with Crippen molar-refractivity contribution in [2.75, 3.05) is 18.4 Å². The molecule has 1 aliphatic heterocycles. The fraction of sp³-hybridized carbons (Fsp3) is 0.280. The number of pyridine rings is 2. The zero-order chi connectivity index (χ0) is 21.9. The topological polar surface area (TPSA) is 75.9 Å². The lowest BCUT2D eigenvalue weighted by molar-refractivity contribution is -0.121. The molecule has 0 unspecified atom stereocenters. The van der Waals surface area contributed by atoms with Gasteiger partial charge in [-0.3, -0.25) is 19.4 Å². The van der Waals surface area contributed by atoms with Crippen LogP contribution in [0.2, 0.25) is 0 Å². The van der Waals surface area contributed by atoms with Gasteiger partial charge in [0.2, 0.25) is 5.91 Å². The van der Waals surface area contributed by atoms with E-state index in [1.807, 2.05) is 62.2 Å². The van der Waals surface area contributed by atoms with E-state index in [-0.39, 0.29) is 11.8 Å². The molecule has 1 saturated heterocycles. The van der Waals surface area contributed by atoms with Gasteiger partial charge in [-0.25, -0.2) is 4.98 Å². The predicted octanol–water partition coefficient (Wildman–Crippen LogP) is 3.88. The monoisotopic (exact) mass is 426 g/mol. The van der Waals surface area contributed by atoms with Gasteiger partial charge in [-0.05, 0) is 61.1 Å². The van der Waals surface area contributed by atoms with Crippen LogP contribution in [0, 0.1) is 5.92 Å². The maximum atomic E-state index is 12.9. The molecule has 0 atom stereocenters. The number of fused-ring (bicyclic) bond motifs is 1.